The van der Waals surface area contributed by atoms with Gasteiger partial charge < -0.3 is 25.2 Å². The quantitative estimate of drug-likeness (QED) is 0.0229. The van der Waals surface area contributed by atoms with Gasteiger partial charge in [-0.2, -0.15) is 0 Å². The molecule has 4 N–H and O–H groups in total. The van der Waals surface area contributed by atoms with E-state index in [1.165, 1.54) is 186 Å². The van der Waals surface area contributed by atoms with Crippen LogP contribution in [0.5, 0.6) is 0 Å². The van der Waals surface area contributed by atoms with Crippen LogP contribution in [0.2, 0.25) is 0 Å². The number of phosphoric acid groups is 1. The summed E-state index contributed by atoms with van der Waals surface area (Å²) in [4.78, 5) is 46.2. The zero-order valence-corrected chi connectivity index (χ0v) is 41.6. The third kappa shape index (κ3) is 46.5. The second-order valence-corrected chi connectivity index (χ2v) is 19.5. The van der Waals surface area contributed by atoms with Crippen LogP contribution in [-0.2, 0) is 37.5 Å². The van der Waals surface area contributed by atoms with Gasteiger partial charge in [-0.1, -0.05) is 225 Å². The predicted molar refractivity (Wildman–Crippen MR) is 259 cm³/mol. The van der Waals surface area contributed by atoms with Gasteiger partial charge in [0.05, 0.1) is 13.2 Å². The molecule has 63 heavy (non-hydrogen) atoms. The van der Waals surface area contributed by atoms with Crippen molar-refractivity contribution in [3.05, 3.63) is 12.2 Å². The van der Waals surface area contributed by atoms with Gasteiger partial charge in [0, 0.05) is 12.8 Å². The Hall–Kier alpha value is -1.78. The Labute approximate surface area is 386 Å². The van der Waals surface area contributed by atoms with Crippen molar-refractivity contribution >= 4 is 25.7 Å². The van der Waals surface area contributed by atoms with Crippen molar-refractivity contribution in [3.8, 4) is 0 Å². The number of carbonyl (C=O) groups excluding carboxylic acids is 2. The standard InChI is InChI=1S/C51H98NO10P/c1-3-5-7-9-11-13-15-17-19-21-23-25-26-28-30-32-34-36-38-40-42-49(53)59-44-47(45-60-63(57,58)61-46-48(52)51(55)56)62-50(54)43-41-39-37-35-33-31-29-27-24-22-20-18-16-14-12-10-8-6-4-2/h18,20,47-48H,3-17,19,21-46,52H2,1-2H3,(H,55,56)(H,57,58)/b20-18-. The van der Waals surface area contributed by atoms with Crippen LogP contribution in [0.4, 0.5) is 0 Å². The first kappa shape index (κ1) is 61.2. The van der Waals surface area contributed by atoms with Gasteiger partial charge in [-0.15, -0.1) is 0 Å². The Morgan fingerprint density at radius 3 is 1.16 bits per heavy atom. The number of carboxylic acid groups (broad SMARTS) is 1. The summed E-state index contributed by atoms with van der Waals surface area (Å²) >= 11 is 0. The van der Waals surface area contributed by atoms with Crippen LogP contribution in [0.1, 0.15) is 264 Å². The molecule has 0 aromatic carbocycles. The summed E-state index contributed by atoms with van der Waals surface area (Å²) in [7, 11) is -4.72. The second kappa shape index (κ2) is 46.7. The fourth-order valence-electron chi connectivity index (χ4n) is 7.65. The number of esters is 2. The molecular weight excluding hydrogens is 818 g/mol. The molecule has 0 aromatic rings. The number of carbonyl (C=O) groups is 3. The summed E-state index contributed by atoms with van der Waals surface area (Å²) in [5.41, 5.74) is 5.36. The highest BCUT2D eigenvalue weighted by molar-refractivity contribution is 7.47. The van der Waals surface area contributed by atoms with Crippen LogP contribution in [0.25, 0.3) is 0 Å². The molecule has 3 unspecified atom stereocenters. The highest BCUT2D eigenvalue weighted by Crippen LogP contribution is 2.43. The minimum absolute atomic E-state index is 0.164. The predicted octanol–water partition coefficient (Wildman–Crippen LogP) is 14.8. The molecule has 0 heterocycles. The number of allylic oxidation sites excluding steroid dienone is 2. The lowest BCUT2D eigenvalue weighted by molar-refractivity contribution is -0.161. The Balaban J connectivity index is 4.20. The van der Waals surface area contributed by atoms with E-state index in [1.807, 2.05) is 0 Å². The Bertz CT molecular complexity index is 1120. The first-order chi connectivity index (χ1) is 30.6. The SMILES string of the molecule is CCCCCCCC/C=C\CCCCCCCCCCCC(=O)OC(COC(=O)CCCCCCCCCCCCCCCCCCCCCC)COP(=O)(O)OCC(N)C(=O)O. The first-order valence-electron chi connectivity index (χ1n) is 26.2. The lowest BCUT2D eigenvalue weighted by atomic mass is 10.0. The van der Waals surface area contributed by atoms with Gasteiger partial charge in [0.15, 0.2) is 6.10 Å². The number of phosphoric ester groups is 1. The number of ether oxygens (including phenoxy) is 2. The smallest absolute Gasteiger partial charge is 0.472 e. The molecule has 0 saturated carbocycles. The average Bonchev–Trinajstić information content (AvgIpc) is 3.26. The van der Waals surface area contributed by atoms with Crippen molar-refractivity contribution in [1.29, 1.82) is 0 Å². The maximum atomic E-state index is 12.7. The van der Waals surface area contributed by atoms with Crippen LogP contribution in [0.15, 0.2) is 12.2 Å². The highest BCUT2D eigenvalue weighted by Gasteiger charge is 2.28. The van der Waals surface area contributed by atoms with Crippen LogP contribution in [0, 0.1) is 0 Å². The fourth-order valence-corrected chi connectivity index (χ4v) is 8.43. The van der Waals surface area contributed by atoms with E-state index in [0.29, 0.717) is 12.8 Å². The minimum atomic E-state index is -4.72. The molecule has 0 radical (unpaired) electrons. The molecule has 12 heteroatoms. The third-order valence-electron chi connectivity index (χ3n) is 11.8. The summed E-state index contributed by atoms with van der Waals surface area (Å²) in [5.74, 6) is -2.36. The van der Waals surface area contributed by atoms with Gasteiger partial charge in [0.25, 0.3) is 0 Å². The molecule has 0 spiro atoms. The van der Waals surface area contributed by atoms with Crippen LogP contribution in [0.3, 0.4) is 0 Å². The normalized spacial score (nSPS) is 13.6. The monoisotopic (exact) mass is 916 g/mol. The third-order valence-corrected chi connectivity index (χ3v) is 12.7. The Morgan fingerprint density at radius 2 is 0.794 bits per heavy atom. The number of hydrogen-bond donors (Lipinski definition) is 3. The summed E-state index contributed by atoms with van der Waals surface area (Å²) in [6.07, 6.45) is 49.9. The van der Waals surface area contributed by atoms with Crippen LogP contribution in [-0.4, -0.2) is 59.9 Å². The van der Waals surface area contributed by atoms with E-state index in [9.17, 15) is 23.8 Å². The zero-order chi connectivity index (χ0) is 46.3. The van der Waals surface area contributed by atoms with Crippen molar-refractivity contribution < 1.29 is 47.5 Å². The van der Waals surface area contributed by atoms with Crippen molar-refractivity contribution in [2.45, 2.75) is 276 Å². The molecule has 0 rings (SSSR count). The van der Waals surface area contributed by atoms with Crippen molar-refractivity contribution in [2.24, 2.45) is 5.73 Å². The van der Waals surface area contributed by atoms with Crippen molar-refractivity contribution in [2.75, 3.05) is 19.8 Å². The number of rotatable bonds is 50. The van der Waals surface area contributed by atoms with E-state index in [4.69, 9.17) is 24.8 Å². The maximum Gasteiger partial charge on any atom is 0.472 e. The van der Waals surface area contributed by atoms with Gasteiger partial charge in [0.2, 0.25) is 0 Å². The van der Waals surface area contributed by atoms with Crippen molar-refractivity contribution in [3.63, 3.8) is 0 Å². The highest BCUT2D eigenvalue weighted by atomic mass is 31.2. The summed E-state index contributed by atoms with van der Waals surface area (Å²) < 4.78 is 32.9. The van der Waals surface area contributed by atoms with E-state index in [-0.39, 0.29) is 19.4 Å². The largest absolute Gasteiger partial charge is 0.480 e. The topological polar surface area (TPSA) is 172 Å². The number of unbranched alkanes of at least 4 members (excludes halogenated alkanes) is 34. The number of nitrogens with two attached hydrogens (primary N) is 1. The molecule has 0 aliphatic carbocycles. The van der Waals surface area contributed by atoms with E-state index in [0.717, 1.165) is 38.5 Å². The van der Waals surface area contributed by atoms with E-state index >= 15 is 0 Å². The van der Waals surface area contributed by atoms with Gasteiger partial charge in [-0.3, -0.25) is 23.4 Å². The zero-order valence-electron chi connectivity index (χ0n) is 40.7. The van der Waals surface area contributed by atoms with Crippen LogP contribution >= 0.6 is 7.82 Å². The molecule has 0 amide bonds. The second-order valence-electron chi connectivity index (χ2n) is 18.0. The minimum Gasteiger partial charge on any atom is -0.480 e. The lowest BCUT2D eigenvalue weighted by Gasteiger charge is -2.20. The first-order valence-corrected chi connectivity index (χ1v) is 27.7. The van der Waals surface area contributed by atoms with E-state index < -0.39 is 51.1 Å². The molecule has 0 aromatic heterocycles. The molecule has 3 atom stereocenters. The maximum absolute atomic E-state index is 12.7. The lowest BCUT2D eigenvalue weighted by Crippen LogP contribution is -2.34. The molecule has 0 fully saturated rings. The summed E-state index contributed by atoms with van der Waals surface area (Å²) in [5, 5.41) is 8.92. The number of aliphatic carboxylic acids is 1. The summed E-state index contributed by atoms with van der Waals surface area (Å²) in [6.45, 7) is 2.86. The van der Waals surface area contributed by atoms with Gasteiger partial charge in [-0.05, 0) is 38.5 Å². The molecule has 0 aliphatic heterocycles. The number of hydrogen-bond acceptors (Lipinski definition) is 9. The van der Waals surface area contributed by atoms with Gasteiger partial charge in [-0.25, -0.2) is 4.57 Å². The fraction of sp³-hybridized carbons (Fsp3) is 0.902. The van der Waals surface area contributed by atoms with E-state index in [1.54, 1.807) is 0 Å². The Morgan fingerprint density at radius 1 is 0.476 bits per heavy atom. The molecule has 11 nitrogen and oxygen atoms in total. The van der Waals surface area contributed by atoms with Gasteiger partial charge >= 0.3 is 25.7 Å². The van der Waals surface area contributed by atoms with E-state index in [2.05, 4.69) is 30.5 Å². The molecular formula is C51H98NO10P. The molecule has 0 aliphatic rings. The molecule has 372 valence electrons. The molecule has 0 bridgehead atoms. The number of carboxylic acids is 1. The van der Waals surface area contributed by atoms with Crippen molar-refractivity contribution in [1.82, 2.24) is 0 Å². The average molecular weight is 916 g/mol. The van der Waals surface area contributed by atoms with Gasteiger partial charge in [0.1, 0.15) is 12.6 Å². The van der Waals surface area contributed by atoms with Crippen LogP contribution < -0.4 is 5.73 Å². The summed E-state index contributed by atoms with van der Waals surface area (Å²) in [6, 6.07) is -1.52. The molecule has 0 saturated heterocycles. The Kier molecular flexibility index (Phi) is 45.4.